The van der Waals surface area contributed by atoms with Crippen molar-refractivity contribution in [1.82, 2.24) is 10.6 Å². The third-order valence-corrected chi connectivity index (χ3v) is 2.63. The number of carbonyl (C=O) groups is 1. The lowest BCUT2D eigenvalue weighted by Crippen LogP contribution is -2.36. The molecule has 4 heteroatoms. The Morgan fingerprint density at radius 3 is 3.00 bits per heavy atom. The van der Waals surface area contributed by atoms with E-state index in [1.807, 2.05) is 24.3 Å². The lowest BCUT2D eigenvalue weighted by molar-refractivity contribution is 0.240. The minimum absolute atomic E-state index is 0.101. The van der Waals surface area contributed by atoms with E-state index < -0.39 is 0 Å². The molecule has 0 spiro atoms. The summed E-state index contributed by atoms with van der Waals surface area (Å²) in [6, 6.07) is 8.06. The van der Waals surface area contributed by atoms with Crippen LogP contribution in [0.4, 0.5) is 4.79 Å². The van der Waals surface area contributed by atoms with E-state index in [2.05, 4.69) is 22.5 Å². The second kappa shape index (κ2) is 6.08. The van der Waals surface area contributed by atoms with Crippen LogP contribution < -0.4 is 16.4 Å². The Morgan fingerprint density at radius 1 is 1.44 bits per heavy atom. The molecule has 0 bridgehead atoms. The fourth-order valence-electron chi connectivity index (χ4n) is 1.56. The zero-order valence-electron chi connectivity index (χ0n) is 10.2. The predicted octanol–water partition coefficient (Wildman–Crippen LogP) is 0.958. The van der Waals surface area contributed by atoms with Crippen molar-refractivity contribution in [3.8, 4) is 11.8 Å². The van der Waals surface area contributed by atoms with Crippen LogP contribution >= 0.6 is 0 Å². The van der Waals surface area contributed by atoms with E-state index in [-0.39, 0.29) is 6.03 Å². The molecule has 1 fully saturated rings. The molecule has 94 valence electrons. The Morgan fingerprint density at radius 2 is 2.28 bits per heavy atom. The first-order valence-electron chi connectivity index (χ1n) is 6.10. The summed E-state index contributed by atoms with van der Waals surface area (Å²) in [6.07, 6.45) is 2.19. The molecule has 4 nitrogen and oxygen atoms in total. The highest BCUT2D eigenvalue weighted by Gasteiger charge is 2.22. The largest absolute Gasteiger partial charge is 0.335 e. The number of nitrogens with one attached hydrogen (secondary N) is 2. The number of nitrogens with two attached hydrogens (primary N) is 1. The zero-order valence-corrected chi connectivity index (χ0v) is 10.2. The van der Waals surface area contributed by atoms with Gasteiger partial charge in [0, 0.05) is 18.2 Å². The van der Waals surface area contributed by atoms with Crippen molar-refractivity contribution in [2.75, 3.05) is 6.54 Å². The maximum absolute atomic E-state index is 11.5. The summed E-state index contributed by atoms with van der Waals surface area (Å²) in [5.41, 5.74) is 7.28. The molecule has 2 amide bonds. The quantitative estimate of drug-likeness (QED) is 0.692. The highest BCUT2D eigenvalue weighted by atomic mass is 16.2. The van der Waals surface area contributed by atoms with Gasteiger partial charge in [0.25, 0.3) is 0 Å². The van der Waals surface area contributed by atoms with Gasteiger partial charge >= 0.3 is 6.03 Å². The monoisotopic (exact) mass is 243 g/mol. The SMILES string of the molecule is NCC#Cc1cccc(CNC(=O)NC2CC2)c1. The highest BCUT2D eigenvalue weighted by molar-refractivity contribution is 5.74. The van der Waals surface area contributed by atoms with E-state index in [1.165, 1.54) is 0 Å². The summed E-state index contributed by atoms with van der Waals surface area (Å²) in [4.78, 5) is 11.5. The van der Waals surface area contributed by atoms with Gasteiger partial charge in [0.1, 0.15) is 0 Å². The van der Waals surface area contributed by atoms with Crippen LogP contribution in [0.15, 0.2) is 24.3 Å². The van der Waals surface area contributed by atoms with Gasteiger partial charge in [-0.25, -0.2) is 4.79 Å². The minimum atomic E-state index is -0.101. The summed E-state index contributed by atoms with van der Waals surface area (Å²) >= 11 is 0. The van der Waals surface area contributed by atoms with E-state index in [0.29, 0.717) is 19.1 Å². The van der Waals surface area contributed by atoms with Crippen molar-refractivity contribution in [2.24, 2.45) is 5.73 Å². The number of hydrogen-bond donors (Lipinski definition) is 3. The average molecular weight is 243 g/mol. The van der Waals surface area contributed by atoms with Crippen LogP contribution in [-0.4, -0.2) is 18.6 Å². The normalized spacial score (nSPS) is 13.4. The first-order valence-corrected chi connectivity index (χ1v) is 6.10. The van der Waals surface area contributed by atoms with Crippen molar-refractivity contribution in [2.45, 2.75) is 25.4 Å². The van der Waals surface area contributed by atoms with Crippen molar-refractivity contribution in [1.29, 1.82) is 0 Å². The van der Waals surface area contributed by atoms with Crippen molar-refractivity contribution >= 4 is 6.03 Å². The molecule has 1 aromatic rings. The van der Waals surface area contributed by atoms with Gasteiger partial charge in [-0.2, -0.15) is 0 Å². The molecular weight excluding hydrogens is 226 g/mol. The molecule has 0 aromatic heterocycles. The Hall–Kier alpha value is -1.99. The van der Waals surface area contributed by atoms with E-state index >= 15 is 0 Å². The number of carbonyl (C=O) groups excluding carboxylic acids is 1. The third-order valence-electron chi connectivity index (χ3n) is 2.63. The van der Waals surface area contributed by atoms with Crippen LogP contribution in [0.5, 0.6) is 0 Å². The number of benzene rings is 1. The van der Waals surface area contributed by atoms with Crippen LogP contribution in [0.2, 0.25) is 0 Å². The highest BCUT2D eigenvalue weighted by Crippen LogP contribution is 2.18. The van der Waals surface area contributed by atoms with Gasteiger partial charge in [0.2, 0.25) is 0 Å². The molecule has 0 radical (unpaired) electrons. The topological polar surface area (TPSA) is 67.1 Å². The molecule has 0 unspecified atom stereocenters. The van der Waals surface area contributed by atoms with Gasteiger partial charge in [-0.05, 0) is 30.5 Å². The molecule has 0 atom stereocenters. The maximum atomic E-state index is 11.5. The Bertz CT molecular complexity index is 483. The van der Waals surface area contributed by atoms with Crippen molar-refractivity contribution < 1.29 is 4.79 Å². The number of urea groups is 1. The van der Waals surface area contributed by atoms with E-state index in [9.17, 15) is 4.79 Å². The molecule has 1 aliphatic carbocycles. The average Bonchev–Trinajstić information content (AvgIpc) is 3.18. The fourth-order valence-corrected chi connectivity index (χ4v) is 1.56. The van der Waals surface area contributed by atoms with Crippen molar-refractivity contribution in [3.63, 3.8) is 0 Å². The molecule has 18 heavy (non-hydrogen) atoms. The second-order valence-electron chi connectivity index (χ2n) is 4.31. The molecule has 0 heterocycles. The van der Waals surface area contributed by atoms with Crippen LogP contribution in [0.1, 0.15) is 24.0 Å². The Balaban J connectivity index is 1.86. The van der Waals surface area contributed by atoms with Crippen LogP contribution in [0.3, 0.4) is 0 Å². The zero-order chi connectivity index (χ0) is 12.8. The molecule has 1 aromatic carbocycles. The number of hydrogen-bond acceptors (Lipinski definition) is 2. The molecule has 4 N–H and O–H groups in total. The van der Waals surface area contributed by atoms with Crippen molar-refractivity contribution in [3.05, 3.63) is 35.4 Å². The van der Waals surface area contributed by atoms with Gasteiger partial charge in [0.05, 0.1) is 6.54 Å². The van der Waals surface area contributed by atoms with Gasteiger partial charge in [-0.1, -0.05) is 24.0 Å². The molecule has 0 aliphatic heterocycles. The lowest BCUT2D eigenvalue weighted by atomic mass is 10.1. The van der Waals surface area contributed by atoms with Gasteiger partial charge in [0.15, 0.2) is 0 Å². The van der Waals surface area contributed by atoms with Gasteiger partial charge < -0.3 is 16.4 Å². The number of rotatable bonds is 3. The summed E-state index contributed by atoms with van der Waals surface area (Å²) in [5, 5.41) is 5.71. The predicted molar refractivity (Wildman–Crippen MR) is 70.8 cm³/mol. The van der Waals surface area contributed by atoms with Gasteiger partial charge in [-0.3, -0.25) is 0 Å². The minimum Gasteiger partial charge on any atom is -0.335 e. The first kappa shape index (κ1) is 12.5. The summed E-state index contributed by atoms with van der Waals surface area (Å²) in [7, 11) is 0. The van der Waals surface area contributed by atoms with Crippen LogP contribution in [0, 0.1) is 11.8 Å². The Kier molecular flexibility index (Phi) is 4.21. The smallest absolute Gasteiger partial charge is 0.315 e. The van der Waals surface area contributed by atoms with Crippen LogP contribution in [-0.2, 0) is 6.54 Å². The second-order valence-corrected chi connectivity index (χ2v) is 4.31. The molecule has 1 saturated carbocycles. The molecule has 2 rings (SSSR count). The third kappa shape index (κ3) is 4.11. The number of amides is 2. The summed E-state index contributed by atoms with van der Waals surface area (Å²) in [6.45, 7) is 0.864. The fraction of sp³-hybridized carbons (Fsp3) is 0.357. The van der Waals surface area contributed by atoms with Crippen LogP contribution in [0.25, 0.3) is 0 Å². The summed E-state index contributed by atoms with van der Waals surface area (Å²) < 4.78 is 0. The van der Waals surface area contributed by atoms with E-state index in [0.717, 1.165) is 24.0 Å². The van der Waals surface area contributed by atoms with E-state index in [1.54, 1.807) is 0 Å². The molecule has 0 saturated heterocycles. The first-order chi connectivity index (χ1) is 8.78. The molecule has 1 aliphatic rings. The standard InChI is InChI=1S/C14H17N3O/c15-8-2-5-11-3-1-4-12(9-11)10-16-14(18)17-13-6-7-13/h1,3-4,9,13H,6-8,10,15H2,(H2,16,17,18). The van der Waals surface area contributed by atoms with Gasteiger partial charge in [-0.15, -0.1) is 0 Å². The maximum Gasteiger partial charge on any atom is 0.315 e. The summed E-state index contributed by atoms with van der Waals surface area (Å²) in [5.74, 6) is 5.78. The lowest BCUT2D eigenvalue weighted by Gasteiger charge is -2.06. The Labute approximate surface area is 107 Å². The molecular formula is C14H17N3O. The van der Waals surface area contributed by atoms with E-state index in [4.69, 9.17) is 5.73 Å².